The molecule has 2 saturated heterocycles. The van der Waals surface area contributed by atoms with E-state index in [-0.39, 0.29) is 18.0 Å². The van der Waals surface area contributed by atoms with E-state index >= 15 is 0 Å². The molecule has 0 spiro atoms. The number of hydrogen-bond acceptors (Lipinski definition) is 5. The molecule has 3 rings (SSSR count). The highest BCUT2D eigenvalue weighted by Crippen LogP contribution is 2.56. The Morgan fingerprint density at radius 3 is 2.92 bits per heavy atom. The van der Waals surface area contributed by atoms with E-state index < -0.39 is 17.7 Å². The molecule has 0 amide bonds. The molecule has 2 heterocycles. The van der Waals surface area contributed by atoms with Crippen molar-refractivity contribution in [1.82, 2.24) is 0 Å². The second kappa shape index (κ2) is 1.81. The molecule has 0 bridgehead atoms. The number of hydrogen-bond donors (Lipinski definition) is 0. The van der Waals surface area contributed by atoms with Gasteiger partial charge in [-0.1, -0.05) is 0 Å². The smallest absolute Gasteiger partial charge is 0.465 e. The average molecular weight is 184 g/mol. The maximum absolute atomic E-state index is 11.3. The molecule has 70 valence electrons. The molecule has 0 unspecified atom stereocenters. The van der Waals surface area contributed by atoms with Gasteiger partial charge in [-0.05, 0) is 6.92 Å². The number of fused-ring (bicyclic) bond motifs is 4. The van der Waals surface area contributed by atoms with Crippen LogP contribution in [0.25, 0.3) is 0 Å². The second-order valence-electron chi connectivity index (χ2n) is 3.86. The molecule has 2 aliphatic heterocycles. The second-order valence-corrected chi connectivity index (χ2v) is 3.86. The van der Waals surface area contributed by atoms with Gasteiger partial charge in [0.25, 0.3) is 0 Å². The van der Waals surface area contributed by atoms with Gasteiger partial charge in [0.05, 0.1) is 12.5 Å². The summed E-state index contributed by atoms with van der Waals surface area (Å²) >= 11 is 0. The fourth-order valence-electron chi connectivity index (χ4n) is 2.42. The van der Waals surface area contributed by atoms with Crippen molar-refractivity contribution in [3.63, 3.8) is 0 Å². The Hall–Kier alpha value is -1.26. The molecule has 13 heavy (non-hydrogen) atoms. The van der Waals surface area contributed by atoms with E-state index in [0.717, 1.165) is 0 Å². The Morgan fingerprint density at radius 2 is 2.15 bits per heavy atom. The van der Waals surface area contributed by atoms with Crippen molar-refractivity contribution in [1.29, 1.82) is 0 Å². The number of rotatable bonds is 0. The van der Waals surface area contributed by atoms with Crippen LogP contribution in [-0.4, -0.2) is 30.9 Å². The molecule has 4 atom stereocenters. The van der Waals surface area contributed by atoms with Crippen LogP contribution < -0.4 is 0 Å². The highest BCUT2D eigenvalue weighted by molar-refractivity contribution is 5.83. The summed E-state index contributed by atoms with van der Waals surface area (Å²) in [5.74, 6) is -0.298. The first-order valence-electron chi connectivity index (χ1n) is 4.18. The normalized spacial score (nSPS) is 51.3. The van der Waals surface area contributed by atoms with Crippen LogP contribution in [0.1, 0.15) is 6.92 Å². The third-order valence-corrected chi connectivity index (χ3v) is 3.35. The summed E-state index contributed by atoms with van der Waals surface area (Å²) in [6.07, 6.45) is -1.37. The van der Waals surface area contributed by atoms with Crippen molar-refractivity contribution in [2.24, 2.45) is 11.3 Å². The molecule has 5 heteroatoms. The molecule has 3 fully saturated rings. The van der Waals surface area contributed by atoms with Crippen molar-refractivity contribution in [3.05, 3.63) is 0 Å². The van der Waals surface area contributed by atoms with Crippen molar-refractivity contribution in [3.8, 4) is 0 Å². The molecule has 1 aliphatic carbocycles. The van der Waals surface area contributed by atoms with E-state index in [2.05, 4.69) is 0 Å². The Labute approximate surface area is 73.9 Å². The predicted molar refractivity (Wildman–Crippen MR) is 37.7 cm³/mol. The predicted octanol–water partition coefficient (Wildman–Crippen LogP) is 0.0833. The summed E-state index contributed by atoms with van der Waals surface area (Å²) in [6.45, 7) is 2.10. The van der Waals surface area contributed by atoms with Crippen LogP contribution in [-0.2, 0) is 19.0 Å². The van der Waals surface area contributed by atoms with Crippen LogP contribution in [0.3, 0.4) is 0 Å². The summed E-state index contributed by atoms with van der Waals surface area (Å²) in [7, 11) is 0. The molecule has 0 aromatic rings. The van der Waals surface area contributed by atoms with Crippen LogP contribution in [0, 0.1) is 11.3 Å². The Morgan fingerprint density at radius 1 is 1.38 bits per heavy atom. The van der Waals surface area contributed by atoms with Gasteiger partial charge in [-0.15, -0.1) is 0 Å². The molecule has 1 saturated carbocycles. The fourth-order valence-corrected chi connectivity index (χ4v) is 2.42. The fraction of sp³-hybridized carbons (Fsp3) is 0.750. The van der Waals surface area contributed by atoms with Crippen LogP contribution in [0.2, 0.25) is 0 Å². The Balaban J connectivity index is 1.98. The first kappa shape index (κ1) is 7.17. The zero-order valence-electron chi connectivity index (χ0n) is 6.98. The molecule has 3 aliphatic rings. The molecule has 0 aromatic carbocycles. The van der Waals surface area contributed by atoms with Gasteiger partial charge in [0.2, 0.25) is 0 Å². The number of ether oxygens (including phenoxy) is 3. The lowest BCUT2D eigenvalue weighted by molar-refractivity contribution is -0.164. The van der Waals surface area contributed by atoms with Crippen LogP contribution in [0.15, 0.2) is 0 Å². The first-order valence-corrected chi connectivity index (χ1v) is 4.18. The van der Waals surface area contributed by atoms with Crippen molar-refractivity contribution in [2.75, 3.05) is 6.61 Å². The van der Waals surface area contributed by atoms with Crippen LogP contribution >= 0.6 is 0 Å². The zero-order chi connectivity index (χ0) is 9.22. The summed E-state index contributed by atoms with van der Waals surface area (Å²) in [4.78, 5) is 22.1. The van der Waals surface area contributed by atoms with E-state index in [0.29, 0.717) is 6.61 Å². The summed E-state index contributed by atoms with van der Waals surface area (Å²) in [5, 5.41) is 0. The number of cyclic esters (lactones) is 1. The SMILES string of the molecule is C[C@]12C(=O)OC[C@H]1[C@@H]1OC(=O)O[C@@H]12. The molecule has 0 radical (unpaired) electrons. The van der Waals surface area contributed by atoms with E-state index in [4.69, 9.17) is 14.2 Å². The van der Waals surface area contributed by atoms with Gasteiger partial charge in [0, 0.05) is 0 Å². The van der Waals surface area contributed by atoms with Gasteiger partial charge in [-0.25, -0.2) is 4.79 Å². The Kier molecular flexibility index (Phi) is 0.998. The van der Waals surface area contributed by atoms with Gasteiger partial charge in [0.1, 0.15) is 5.41 Å². The van der Waals surface area contributed by atoms with Crippen molar-refractivity contribution < 1.29 is 23.8 Å². The quantitative estimate of drug-likeness (QED) is 0.499. The molecular formula is C8H8O5. The van der Waals surface area contributed by atoms with Crippen LogP contribution in [0.4, 0.5) is 4.79 Å². The van der Waals surface area contributed by atoms with Gasteiger partial charge >= 0.3 is 12.1 Å². The average Bonchev–Trinajstić information content (AvgIpc) is 2.54. The van der Waals surface area contributed by atoms with E-state index in [1.165, 1.54) is 0 Å². The van der Waals surface area contributed by atoms with Gasteiger partial charge in [-0.2, -0.15) is 0 Å². The summed E-state index contributed by atoms with van der Waals surface area (Å²) in [6, 6.07) is 0. The zero-order valence-corrected chi connectivity index (χ0v) is 6.98. The molecule has 0 N–H and O–H groups in total. The minimum atomic E-state index is -0.668. The number of carbonyl (C=O) groups is 2. The standard InChI is InChI=1S/C8H8O5/c1-8-3(2-11-6(8)9)4-5(8)13-7(10)12-4/h3-5H,2H2,1H3/t3-,4-,5-,8-/m0/s1. The maximum atomic E-state index is 11.3. The van der Waals surface area contributed by atoms with E-state index in [1.807, 2.05) is 0 Å². The van der Waals surface area contributed by atoms with Gasteiger partial charge < -0.3 is 14.2 Å². The molecule has 0 aromatic heterocycles. The first-order chi connectivity index (χ1) is 6.14. The highest BCUT2D eigenvalue weighted by atomic mass is 16.8. The highest BCUT2D eigenvalue weighted by Gasteiger charge is 2.74. The summed E-state index contributed by atoms with van der Waals surface area (Å²) < 4.78 is 14.7. The third kappa shape index (κ3) is 0.576. The minimum Gasteiger partial charge on any atom is -0.465 e. The number of carbonyl (C=O) groups excluding carboxylic acids is 2. The Bertz CT molecular complexity index is 312. The lowest BCUT2D eigenvalue weighted by Crippen LogP contribution is -2.62. The van der Waals surface area contributed by atoms with Gasteiger partial charge in [0.15, 0.2) is 12.2 Å². The minimum absolute atomic E-state index is 0.0172. The molecule has 5 nitrogen and oxygen atoms in total. The third-order valence-electron chi connectivity index (χ3n) is 3.35. The van der Waals surface area contributed by atoms with E-state index in [1.54, 1.807) is 6.92 Å². The maximum Gasteiger partial charge on any atom is 0.509 e. The summed E-state index contributed by atoms with van der Waals surface area (Å²) in [5.41, 5.74) is -0.656. The molecular weight excluding hydrogens is 176 g/mol. The largest absolute Gasteiger partial charge is 0.509 e. The topological polar surface area (TPSA) is 61.8 Å². The van der Waals surface area contributed by atoms with E-state index in [9.17, 15) is 9.59 Å². The monoisotopic (exact) mass is 184 g/mol. The number of esters is 1. The lowest BCUT2D eigenvalue weighted by atomic mass is 9.58. The van der Waals surface area contributed by atoms with Crippen molar-refractivity contribution >= 4 is 12.1 Å². The lowest BCUT2D eigenvalue weighted by Gasteiger charge is -2.44. The van der Waals surface area contributed by atoms with Crippen LogP contribution in [0.5, 0.6) is 0 Å². The van der Waals surface area contributed by atoms with Crippen molar-refractivity contribution in [2.45, 2.75) is 19.1 Å². The van der Waals surface area contributed by atoms with Gasteiger partial charge in [-0.3, -0.25) is 4.79 Å².